The lowest BCUT2D eigenvalue weighted by molar-refractivity contribution is 0.0821. The summed E-state index contributed by atoms with van der Waals surface area (Å²) in [5.74, 6) is -0.213. The van der Waals surface area contributed by atoms with Gasteiger partial charge in [-0.25, -0.2) is 8.42 Å². The van der Waals surface area contributed by atoms with Crippen LogP contribution >= 0.6 is 0 Å². The summed E-state index contributed by atoms with van der Waals surface area (Å²) in [6.07, 6.45) is 8.09. The molecule has 1 saturated heterocycles. The quantitative estimate of drug-likeness (QED) is 0.355. The second kappa shape index (κ2) is 12.1. The lowest BCUT2D eigenvalue weighted by Crippen LogP contribution is -2.50. The number of amides is 1. The molecule has 0 unspecified atom stereocenters. The molecule has 2 atom stereocenters. The molecule has 1 aliphatic carbocycles. The summed E-state index contributed by atoms with van der Waals surface area (Å²) in [5.41, 5.74) is 2.78. The van der Waals surface area contributed by atoms with Crippen LogP contribution in [0.3, 0.4) is 0 Å². The van der Waals surface area contributed by atoms with Crippen molar-refractivity contribution in [3.05, 3.63) is 65.9 Å². The molecule has 1 aromatic heterocycles. The number of fused-ring (bicyclic) bond motifs is 1. The van der Waals surface area contributed by atoms with Gasteiger partial charge in [0.2, 0.25) is 10.0 Å². The Morgan fingerprint density at radius 3 is 2.54 bits per heavy atom. The average Bonchev–Trinajstić information content (AvgIpc) is 3.53. The summed E-state index contributed by atoms with van der Waals surface area (Å²) in [6, 6.07) is 15.2. The zero-order valence-corrected chi connectivity index (χ0v) is 23.5. The maximum Gasteiger partial charge on any atom is 0.251 e. The molecule has 0 radical (unpaired) electrons. The van der Waals surface area contributed by atoms with Crippen LogP contribution < -0.4 is 14.9 Å². The molecule has 5 rings (SSSR count). The molecule has 1 saturated carbocycles. The van der Waals surface area contributed by atoms with Gasteiger partial charge in [-0.1, -0.05) is 49.6 Å². The zero-order valence-electron chi connectivity index (χ0n) is 22.7. The predicted molar refractivity (Wildman–Crippen MR) is 156 cm³/mol. The Balaban J connectivity index is 1.42. The third kappa shape index (κ3) is 6.31. The molecule has 3 aromatic rings. The highest BCUT2D eigenvalue weighted by Crippen LogP contribution is 2.34. The number of aliphatic hydroxyl groups excluding tert-OH is 1. The van der Waals surface area contributed by atoms with Gasteiger partial charge in [-0.15, -0.1) is 0 Å². The molecule has 0 spiro atoms. The number of benzene rings is 2. The minimum Gasteiger partial charge on any atom is -0.390 e. The van der Waals surface area contributed by atoms with Gasteiger partial charge >= 0.3 is 0 Å². The molecule has 1 aliphatic heterocycles. The first kappa shape index (κ1) is 27.7. The van der Waals surface area contributed by atoms with E-state index in [1.165, 1.54) is 23.6 Å². The van der Waals surface area contributed by atoms with Crippen molar-refractivity contribution in [1.82, 2.24) is 15.2 Å². The fraction of sp³-hybridized carbons (Fsp3) is 0.500. The Bertz CT molecular complexity index is 1380. The van der Waals surface area contributed by atoms with E-state index < -0.39 is 22.2 Å². The standard InChI is InChI=1S/C30H40N4O4S/c1-2-33-16-14-25-27(33)19-23(20-28(25)34-15-9-17-39(34,37)38)30(36)32-26(18-22-10-5-3-6-11-22)29(35)21-31-24-12-7-4-8-13-24/h3,5-6,10-11,14,16,19-20,24,26,29,31,35H,2,4,7-9,12-13,15,17-18,21H2,1H3,(H,32,36)/t26-,29+/m0/s1. The van der Waals surface area contributed by atoms with Crippen LogP contribution in [0.2, 0.25) is 0 Å². The highest BCUT2D eigenvalue weighted by molar-refractivity contribution is 7.93. The summed E-state index contributed by atoms with van der Waals surface area (Å²) in [6.45, 7) is 3.52. The molecule has 2 fully saturated rings. The number of carbonyl (C=O) groups excluding carboxylic acids is 1. The number of hydrogen-bond donors (Lipinski definition) is 3. The highest BCUT2D eigenvalue weighted by atomic mass is 32.2. The molecular weight excluding hydrogens is 512 g/mol. The van der Waals surface area contributed by atoms with Crippen LogP contribution in [0.4, 0.5) is 5.69 Å². The van der Waals surface area contributed by atoms with E-state index in [2.05, 4.69) is 10.6 Å². The Kier molecular flexibility index (Phi) is 8.59. The van der Waals surface area contributed by atoms with Gasteiger partial charge in [0.15, 0.2) is 0 Å². The van der Waals surface area contributed by atoms with Crippen LogP contribution in [-0.2, 0) is 23.0 Å². The first-order valence-electron chi connectivity index (χ1n) is 14.3. The van der Waals surface area contributed by atoms with Crippen molar-refractivity contribution in [3.8, 4) is 0 Å². The number of sulfonamides is 1. The highest BCUT2D eigenvalue weighted by Gasteiger charge is 2.31. The van der Waals surface area contributed by atoms with Crippen molar-refractivity contribution in [3.63, 3.8) is 0 Å². The second-order valence-corrected chi connectivity index (χ2v) is 12.9. The lowest BCUT2D eigenvalue weighted by Gasteiger charge is -2.28. The fourth-order valence-corrected chi connectivity index (χ4v) is 7.51. The number of hydrogen-bond acceptors (Lipinski definition) is 5. The van der Waals surface area contributed by atoms with Gasteiger partial charge in [0, 0.05) is 42.8 Å². The van der Waals surface area contributed by atoms with Crippen LogP contribution in [0.5, 0.6) is 0 Å². The second-order valence-electron chi connectivity index (χ2n) is 10.9. The first-order valence-corrected chi connectivity index (χ1v) is 15.9. The van der Waals surface area contributed by atoms with Crippen molar-refractivity contribution in [2.75, 3.05) is 23.1 Å². The SMILES string of the molecule is CCn1ccc2c(N3CCCS3(=O)=O)cc(C(=O)N[C@@H](Cc3ccccc3)[C@H](O)CNC3CCCCC3)cc21. The van der Waals surface area contributed by atoms with Crippen LogP contribution in [0.25, 0.3) is 10.9 Å². The van der Waals surface area contributed by atoms with Gasteiger partial charge in [-0.3, -0.25) is 9.10 Å². The lowest BCUT2D eigenvalue weighted by atomic mass is 9.95. The Morgan fingerprint density at radius 2 is 1.85 bits per heavy atom. The Hall–Kier alpha value is -2.88. The fourth-order valence-electron chi connectivity index (χ4n) is 5.94. The van der Waals surface area contributed by atoms with Crippen molar-refractivity contribution in [2.45, 2.75) is 76.6 Å². The van der Waals surface area contributed by atoms with E-state index in [0.717, 1.165) is 29.3 Å². The Labute approximate surface area is 231 Å². The summed E-state index contributed by atoms with van der Waals surface area (Å²) >= 11 is 0. The molecule has 1 amide bonds. The average molecular weight is 553 g/mol. The molecule has 2 aromatic carbocycles. The first-order chi connectivity index (χ1) is 18.9. The van der Waals surface area contributed by atoms with Gasteiger partial charge in [0.25, 0.3) is 5.91 Å². The molecule has 3 N–H and O–H groups in total. The number of nitrogens with one attached hydrogen (secondary N) is 2. The summed E-state index contributed by atoms with van der Waals surface area (Å²) in [7, 11) is -3.42. The van der Waals surface area contributed by atoms with Crippen LogP contribution in [0.15, 0.2) is 54.7 Å². The van der Waals surface area contributed by atoms with E-state index in [0.29, 0.717) is 49.8 Å². The molecule has 9 heteroatoms. The third-order valence-corrected chi connectivity index (χ3v) is 9.99. The van der Waals surface area contributed by atoms with E-state index in [1.54, 1.807) is 6.07 Å². The third-order valence-electron chi connectivity index (χ3n) is 8.14. The smallest absolute Gasteiger partial charge is 0.251 e. The summed E-state index contributed by atoms with van der Waals surface area (Å²) < 4.78 is 29.1. The van der Waals surface area contributed by atoms with Crippen LogP contribution in [0.1, 0.15) is 61.4 Å². The number of aryl methyl sites for hydroxylation is 1. The number of aliphatic hydroxyl groups is 1. The normalized spacial score (nSPS) is 19.3. The van der Waals surface area contributed by atoms with Gasteiger partial charge in [0.05, 0.1) is 29.1 Å². The monoisotopic (exact) mass is 552 g/mol. The Morgan fingerprint density at radius 1 is 1.08 bits per heavy atom. The maximum atomic E-state index is 13.7. The van der Waals surface area contributed by atoms with Crippen LogP contribution in [0, 0.1) is 0 Å². The molecule has 39 heavy (non-hydrogen) atoms. The van der Waals surface area contributed by atoms with Gasteiger partial charge in [-0.05, 0) is 56.4 Å². The van der Waals surface area contributed by atoms with Crippen LogP contribution in [-0.4, -0.2) is 61.0 Å². The van der Waals surface area contributed by atoms with Gasteiger partial charge < -0.3 is 20.3 Å². The number of carbonyl (C=O) groups is 1. The molecule has 2 heterocycles. The van der Waals surface area contributed by atoms with E-state index in [1.807, 2.05) is 60.2 Å². The van der Waals surface area contributed by atoms with E-state index >= 15 is 0 Å². The molecule has 8 nitrogen and oxygen atoms in total. The van der Waals surface area contributed by atoms with Crippen molar-refractivity contribution in [2.24, 2.45) is 0 Å². The maximum absolute atomic E-state index is 13.7. The summed E-state index contributed by atoms with van der Waals surface area (Å²) in [5, 5.41) is 18.7. The van der Waals surface area contributed by atoms with Crippen molar-refractivity contribution in [1.29, 1.82) is 0 Å². The van der Waals surface area contributed by atoms with Gasteiger partial charge in [0.1, 0.15) is 0 Å². The number of anilines is 1. The minimum absolute atomic E-state index is 0.110. The number of nitrogens with zero attached hydrogens (tertiary/aromatic N) is 2. The molecule has 210 valence electrons. The zero-order chi connectivity index (χ0) is 27.4. The predicted octanol–water partition coefficient (Wildman–Crippen LogP) is 3.83. The van der Waals surface area contributed by atoms with E-state index in [9.17, 15) is 18.3 Å². The number of aromatic nitrogens is 1. The van der Waals surface area contributed by atoms with Crippen molar-refractivity contribution < 1.29 is 18.3 Å². The minimum atomic E-state index is -3.42. The van der Waals surface area contributed by atoms with E-state index in [-0.39, 0.29) is 11.7 Å². The molecule has 0 bridgehead atoms. The molecule has 2 aliphatic rings. The van der Waals surface area contributed by atoms with Gasteiger partial charge in [-0.2, -0.15) is 0 Å². The van der Waals surface area contributed by atoms with E-state index in [4.69, 9.17) is 0 Å². The largest absolute Gasteiger partial charge is 0.390 e. The number of rotatable bonds is 10. The van der Waals surface area contributed by atoms with Crippen molar-refractivity contribution >= 4 is 32.5 Å². The topological polar surface area (TPSA) is 104 Å². The summed E-state index contributed by atoms with van der Waals surface area (Å²) in [4.78, 5) is 13.7. The molecular formula is C30H40N4O4S.